The molecule has 3 nitrogen and oxygen atoms in total. The zero-order valence-corrected chi connectivity index (χ0v) is 17.3. The van der Waals surface area contributed by atoms with Crippen molar-refractivity contribution in [2.45, 2.75) is 59.9 Å². The monoisotopic (exact) mass is 364 g/mol. The molecule has 1 N–H and O–H groups in total. The van der Waals surface area contributed by atoms with Gasteiger partial charge in [-0.15, -0.1) is 0 Å². The number of carbonyl (C=O) groups is 1. The van der Waals surface area contributed by atoms with Gasteiger partial charge < -0.3 is 10.2 Å². The third kappa shape index (κ3) is 5.12. The lowest BCUT2D eigenvalue weighted by molar-refractivity contribution is -0.117. The molecule has 0 spiro atoms. The quantitative estimate of drug-likeness (QED) is 0.733. The van der Waals surface area contributed by atoms with Crippen LogP contribution in [0.3, 0.4) is 0 Å². The highest BCUT2D eigenvalue weighted by molar-refractivity contribution is 5.91. The minimum atomic E-state index is 0.00271. The topological polar surface area (TPSA) is 32.3 Å². The van der Waals surface area contributed by atoms with Crippen molar-refractivity contribution in [2.24, 2.45) is 5.41 Å². The molecule has 0 saturated carbocycles. The van der Waals surface area contributed by atoms with E-state index in [-0.39, 0.29) is 11.3 Å². The predicted octanol–water partition coefficient (Wildman–Crippen LogP) is 5.75. The third-order valence-corrected chi connectivity index (χ3v) is 5.07. The maximum absolute atomic E-state index is 12.2. The number of nitrogens with zero attached hydrogens (tertiary/aromatic N) is 1. The van der Waals surface area contributed by atoms with Crippen LogP contribution >= 0.6 is 0 Å². The number of rotatable bonds is 5. The van der Waals surface area contributed by atoms with Crippen LogP contribution in [0, 0.1) is 5.41 Å². The van der Waals surface area contributed by atoms with Crippen LogP contribution in [-0.2, 0) is 17.8 Å². The fourth-order valence-electron chi connectivity index (χ4n) is 3.63. The number of hydrogen-bond acceptors (Lipinski definition) is 2. The number of benzene rings is 2. The van der Waals surface area contributed by atoms with Gasteiger partial charge in [0.05, 0.1) is 0 Å². The fourth-order valence-corrected chi connectivity index (χ4v) is 3.63. The zero-order valence-electron chi connectivity index (χ0n) is 17.3. The summed E-state index contributed by atoms with van der Waals surface area (Å²) >= 11 is 0. The van der Waals surface area contributed by atoms with Crippen LogP contribution in [0.4, 0.5) is 11.4 Å². The van der Waals surface area contributed by atoms with E-state index >= 15 is 0 Å². The summed E-state index contributed by atoms with van der Waals surface area (Å²) in [5.41, 5.74) is 6.25. The van der Waals surface area contributed by atoms with Crippen LogP contribution in [0.1, 0.15) is 63.6 Å². The average Bonchev–Trinajstić information content (AvgIpc) is 2.95. The van der Waals surface area contributed by atoms with Gasteiger partial charge in [0.25, 0.3) is 0 Å². The number of carbonyl (C=O) groups excluding carboxylic acids is 1. The summed E-state index contributed by atoms with van der Waals surface area (Å²) < 4.78 is 0. The Labute approximate surface area is 163 Å². The predicted molar refractivity (Wildman–Crippen MR) is 114 cm³/mol. The summed E-state index contributed by atoms with van der Waals surface area (Å²) in [5, 5.41) is 3.05. The highest BCUT2D eigenvalue weighted by Gasteiger charge is 2.21. The first-order chi connectivity index (χ1) is 12.7. The number of fused-ring (bicyclic) bond motifs is 1. The van der Waals surface area contributed by atoms with E-state index in [1.807, 2.05) is 6.07 Å². The standard InChI is InChI=1S/C24H32N2O/c1-17(2)19-8-6-18(7-9-19)16-26-13-12-20-14-21(10-11-22(20)26)25-23(27)15-24(3,4)5/h6-11,14,17H,12-13,15-16H2,1-5H3,(H,25,27). The molecule has 27 heavy (non-hydrogen) atoms. The first-order valence-corrected chi connectivity index (χ1v) is 9.98. The molecule has 0 radical (unpaired) electrons. The summed E-state index contributed by atoms with van der Waals surface area (Å²) in [6, 6.07) is 15.3. The van der Waals surface area contributed by atoms with E-state index in [0.29, 0.717) is 12.3 Å². The summed E-state index contributed by atoms with van der Waals surface area (Å²) in [6.07, 6.45) is 1.56. The molecule has 0 bridgehead atoms. The van der Waals surface area contributed by atoms with E-state index in [4.69, 9.17) is 0 Å². The van der Waals surface area contributed by atoms with Gasteiger partial charge in [-0.3, -0.25) is 4.79 Å². The summed E-state index contributed by atoms with van der Waals surface area (Å²) in [5.74, 6) is 0.654. The fraction of sp³-hybridized carbons (Fsp3) is 0.458. The van der Waals surface area contributed by atoms with Crippen molar-refractivity contribution in [1.29, 1.82) is 0 Å². The van der Waals surface area contributed by atoms with E-state index < -0.39 is 0 Å². The first-order valence-electron chi connectivity index (χ1n) is 9.98. The lowest BCUT2D eigenvalue weighted by atomic mass is 9.92. The van der Waals surface area contributed by atoms with Gasteiger partial charge in [-0.2, -0.15) is 0 Å². The molecule has 2 aromatic rings. The molecule has 1 aliphatic rings. The molecule has 0 fully saturated rings. The number of nitrogens with one attached hydrogen (secondary N) is 1. The maximum atomic E-state index is 12.2. The molecule has 144 valence electrons. The average molecular weight is 365 g/mol. The molecule has 0 aromatic heterocycles. The minimum absolute atomic E-state index is 0.00271. The van der Waals surface area contributed by atoms with Crippen molar-refractivity contribution >= 4 is 17.3 Å². The molecular weight excluding hydrogens is 332 g/mol. The molecule has 0 saturated heterocycles. The Bertz CT molecular complexity index is 800. The van der Waals surface area contributed by atoms with Crippen LogP contribution in [0.2, 0.25) is 0 Å². The Kier molecular flexibility index (Phi) is 5.59. The van der Waals surface area contributed by atoms with Crippen molar-refractivity contribution in [3.05, 3.63) is 59.2 Å². The van der Waals surface area contributed by atoms with Crippen molar-refractivity contribution in [2.75, 3.05) is 16.8 Å². The van der Waals surface area contributed by atoms with Crippen molar-refractivity contribution in [3.63, 3.8) is 0 Å². The molecule has 3 rings (SSSR count). The Morgan fingerprint density at radius 3 is 2.44 bits per heavy atom. The molecular formula is C24H32N2O. The first kappa shape index (κ1) is 19.5. The van der Waals surface area contributed by atoms with Crippen molar-refractivity contribution < 1.29 is 4.79 Å². The summed E-state index contributed by atoms with van der Waals surface area (Å²) in [4.78, 5) is 14.6. The van der Waals surface area contributed by atoms with Crippen molar-refractivity contribution in [1.82, 2.24) is 0 Å². The van der Waals surface area contributed by atoms with Crippen LogP contribution in [0.15, 0.2) is 42.5 Å². The van der Waals surface area contributed by atoms with Crippen molar-refractivity contribution in [3.8, 4) is 0 Å². The molecule has 0 aliphatic carbocycles. The van der Waals surface area contributed by atoms with Gasteiger partial charge in [0, 0.05) is 30.9 Å². The van der Waals surface area contributed by atoms with Gasteiger partial charge in [-0.1, -0.05) is 58.9 Å². The van der Waals surface area contributed by atoms with E-state index in [2.05, 4.69) is 81.2 Å². The maximum Gasteiger partial charge on any atom is 0.224 e. The second-order valence-electron chi connectivity index (χ2n) is 9.20. The normalized spacial score (nSPS) is 13.8. The Morgan fingerprint density at radius 2 is 1.81 bits per heavy atom. The number of amides is 1. The molecule has 0 atom stereocenters. The highest BCUT2D eigenvalue weighted by Crippen LogP contribution is 2.32. The Balaban J connectivity index is 1.66. The lowest BCUT2D eigenvalue weighted by Crippen LogP contribution is -2.20. The van der Waals surface area contributed by atoms with Crippen LogP contribution in [0.25, 0.3) is 0 Å². The smallest absolute Gasteiger partial charge is 0.224 e. The largest absolute Gasteiger partial charge is 0.367 e. The molecule has 1 heterocycles. The van der Waals surface area contributed by atoms with Gasteiger partial charge in [-0.05, 0) is 52.6 Å². The second kappa shape index (κ2) is 7.75. The SMILES string of the molecule is CC(C)c1ccc(CN2CCc3cc(NC(=O)CC(C)(C)C)ccc32)cc1. The molecule has 0 unspecified atom stereocenters. The number of anilines is 2. The zero-order chi connectivity index (χ0) is 19.6. The molecule has 1 amide bonds. The lowest BCUT2D eigenvalue weighted by Gasteiger charge is -2.20. The van der Waals surface area contributed by atoms with Gasteiger partial charge in [0.2, 0.25) is 5.91 Å². The second-order valence-corrected chi connectivity index (χ2v) is 9.20. The van der Waals surface area contributed by atoms with E-state index in [1.165, 1.54) is 22.4 Å². The van der Waals surface area contributed by atoms with Gasteiger partial charge >= 0.3 is 0 Å². The number of hydrogen-bond donors (Lipinski definition) is 1. The molecule has 1 aliphatic heterocycles. The van der Waals surface area contributed by atoms with E-state index in [0.717, 1.165) is 25.2 Å². The van der Waals surface area contributed by atoms with Crippen LogP contribution in [-0.4, -0.2) is 12.5 Å². The van der Waals surface area contributed by atoms with E-state index in [1.54, 1.807) is 0 Å². The summed E-state index contributed by atoms with van der Waals surface area (Å²) in [7, 11) is 0. The third-order valence-electron chi connectivity index (χ3n) is 5.07. The highest BCUT2D eigenvalue weighted by atomic mass is 16.1. The molecule has 2 aromatic carbocycles. The van der Waals surface area contributed by atoms with Crippen LogP contribution < -0.4 is 10.2 Å². The van der Waals surface area contributed by atoms with Gasteiger partial charge in [0.1, 0.15) is 0 Å². The minimum Gasteiger partial charge on any atom is -0.367 e. The van der Waals surface area contributed by atoms with E-state index in [9.17, 15) is 4.79 Å². The molecule has 3 heteroatoms. The Hall–Kier alpha value is -2.29. The Morgan fingerprint density at radius 1 is 1.11 bits per heavy atom. The van der Waals surface area contributed by atoms with Crippen LogP contribution in [0.5, 0.6) is 0 Å². The van der Waals surface area contributed by atoms with Gasteiger partial charge in [-0.25, -0.2) is 0 Å². The van der Waals surface area contributed by atoms with Gasteiger partial charge in [0.15, 0.2) is 0 Å². The summed E-state index contributed by atoms with van der Waals surface area (Å²) in [6.45, 7) is 12.7.